The number of benzene rings is 3. The van der Waals surface area contributed by atoms with E-state index in [0.29, 0.717) is 33.0 Å². The Morgan fingerprint density at radius 1 is 0.765 bits per heavy atom. The first-order chi connectivity index (χ1) is 16.2. The van der Waals surface area contributed by atoms with Crippen molar-refractivity contribution in [1.29, 1.82) is 0 Å². The van der Waals surface area contributed by atoms with E-state index < -0.39 is 5.50 Å². The Balaban J connectivity index is 0.00000274. The number of alkyl halides is 1. The molecule has 163 valence electrons. The number of halogens is 1. The molecule has 1 unspecified atom stereocenters. The summed E-state index contributed by atoms with van der Waals surface area (Å²) in [4.78, 5) is 45.4. The minimum Gasteiger partial charge on any atom is -0.257 e. The van der Waals surface area contributed by atoms with E-state index in [1.54, 1.807) is 36.5 Å². The van der Waals surface area contributed by atoms with E-state index in [4.69, 9.17) is 11.6 Å². The Kier molecular flexibility index (Phi) is 6.66. The number of aromatic nitrogens is 1. The second kappa shape index (κ2) is 9.66. The van der Waals surface area contributed by atoms with Gasteiger partial charge in [-0.3, -0.25) is 9.98 Å². The third kappa shape index (κ3) is 3.62. The molecular formula is C27H13ClN2O3Re. The Labute approximate surface area is 211 Å². The van der Waals surface area contributed by atoms with E-state index >= 15 is 0 Å². The van der Waals surface area contributed by atoms with Crippen LogP contribution in [0.5, 0.6) is 0 Å². The van der Waals surface area contributed by atoms with Crippen molar-refractivity contribution >= 4 is 45.9 Å². The van der Waals surface area contributed by atoms with Gasteiger partial charge in [0.05, 0.1) is 26.9 Å². The molecule has 3 aromatic carbocycles. The van der Waals surface area contributed by atoms with Crippen LogP contribution in [0, 0.1) is 0 Å². The van der Waals surface area contributed by atoms with Crippen LogP contribution in [0.2, 0.25) is 0 Å². The summed E-state index contributed by atoms with van der Waals surface area (Å²) >= 11 is 6.49. The van der Waals surface area contributed by atoms with Gasteiger partial charge < -0.3 is 0 Å². The van der Waals surface area contributed by atoms with Gasteiger partial charge in [0.25, 0.3) is 0 Å². The molecule has 1 aliphatic rings. The van der Waals surface area contributed by atoms with Gasteiger partial charge in [-0.25, -0.2) is 14.4 Å². The number of hydrogen-bond acceptors (Lipinski definition) is 5. The molecule has 2 heterocycles. The predicted molar refractivity (Wildman–Crippen MR) is 125 cm³/mol. The molecule has 4 aromatic rings. The molecule has 0 fully saturated rings. The average Bonchev–Trinajstić information content (AvgIpc) is 2.87. The molecule has 1 radical (unpaired) electrons. The summed E-state index contributed by atoms with van der Waals surface area (Å²) in [6, 6.07) is 20.2. The summed E-state index contributed by atoms with van der Waals surface area (Å²) < 4.78 is 0. The summed E-state index contributed by atoms with van der Waals surface area (Å²) in [5.41, 5.74) is 1.94. The van der Waals surface area contributed by atoms with Crippen LogP contribution in [0.25, 0.3) is 27.6 Å². The smallest absolute Gasteiger partial charge is 0.160 e. The molecule has 1 aliphatic heterocycles. The third-order valence-corrected chi connectivity index (χ3v) is 5.94. The summed E-state index contributed by atoms with van der Waals surface area (Å²) in [6.07, 6.45) is 1.61. The number of hydrogen-bond donors (Lipinski definition) is 0. The van der Waals surface area contributed by atoms with Crippen molar-refractivity contribution in [2.24, 2.45) is 4.99 Å². The van der Waals surface area contributed by atoms with Crippen LogP contribution in [0.4, 0.5) is 0 Å². The Morgan fingerprint density at radius 3 is 1.97 bits per heavy atom. The molecule has 0 saturated heterocycles. The predicted octanol–water partition coefficient (Wildman–Crippen LogP) is 1.06. The number of pyridine rings is 1. The van der Waals surface area contributed by atoms with Gasteiger partial charge in [-0.2, -0.15) is 0 Å². The van der Waals surface area contributed by atoms with E-state index in [-0.39, 0.29) is 41.7 Å². The van der Waals surface area contributed by atoms with Crippen LogP contribution in [0.3, 0.4) is 0 Å². The van der Waals surface area contributed by atoms with Crippen molar-refractivity contribution in [2.75, 3.05) is 0 Å². The van der Waals surface area contributed by atoms with Crippen LogP contribution in [0.15, 0.2) is 83.5 Å². The molecule has 0 aliphatic carbocycles. The van der Waals surface area contributed by atoms with Crippen molar-refractivity contribution in [3.05, 3.63) is 105 Å². The fourth-order valence-corrected chi connectivity index (χ4v) is 4.50. The number of nitrogens with zero attached hydrogens (tertiary/aromatic N) is 2. The quantitative estimate of drug-likeness (QED) is 0.188. The average molecular weight is 635 g/mol. The zero-order valence-electron chi connectivity index (χ0n) is 17.4. The topological polar surface area (TPSA) is 76.5 Å². The minimum absolute atomic E-state index is 0. The zero-order chi connectivity index (χ0) is 22.9. The molecule has 1 aromatic heterocycles. The Bertz CT molecular complexity index is 1790. The Hall–Kier alpha value is -3.70. The van der Waals surface area contributed by atoms with Gasteiger partial charge in [0, 0.05) is 42.8 Å². The second-order valence-electron chi connectivity index (χ2n) is 7.35. The minimum atomic E-state index is -1.04. The second-order valence-corrected chi connectivity index (χ2v) is 7.76. The Morgan fingerprint density at radius 2 is 1.38 bits per heavy atom. The number of carbonyl (C=O) groups excluding carboxylic acids is 3. The van der Waals surface area contributed by atoms with Gasteiger partial charge in [0.1, 0.15) is 17.8 Å². The molecule has 7 heteroatoms. The van der Waals surface area contributed by atoms with E-state index in [9.17, 15) is 14.4 Å². The maximum absolute atomic E-state index is 12.3. The number of rotatable bonds is 2. The van der Waals surface area contributed by atoms with Crippen LogP contribution < -0.4 is 21.0 Å². The summed E-state index contributed by atoms with van der Waals surface area (Å²) in [7, 11) is 0. The molecule has 0 saturated carbocycles. The largest absolute Gasteiger partial charge is 0.257 e. The van der Waals surface area contributed by atoms with Gasteiger partial charge in [0.15, 0.2) is 5.50 Å². The van der Waals surface area contributed by atoms with E-state index in [0.717, 1.165) is 5.56 Å². The van der Waals surface area contributed by atoms with Crippen molar-refractivity contribution < 1.29 is 34.8 Å². The first-order valence-corrected chi connectivity index (χ1v) is 10.5. The third-order valence-electron chi connectivity index (χ3n) is 5.62. The van der Waals surface area contributed by atoms with Gasteiger partial charge in [0.2, 0.25) is 0 Å². The molecule has 0 bridgehead atoms. The van der Waals surface area contributed by atoms with Crippen molar-refractivity contribution in [2.45, 2.75) is 5.50 Å². The van der Waals surface area contributed by atoms with Gasteiger partial charge >= 0.3 is 0 Å². The standard InChI is InChI=1S/C27H13ClN2O3.Re/c28-27-21(15-33)22(17-9-5-2-6-10-17)24-20(14-32)19(13-31)23-18(16-7-3-1-4-8-16)11-12-29-25(23)26(24)30-27;/h1-12,27H;. The number of fused-ring (bicyclic) bond motifs is 3. The summed E-state index contributed by atoms with van der Waals surface area (Å²) in [6.45, 7) is 0. The van der Waals surface area contributed by atoms with Gasteiger partial charge in [-0.05, 0) is 22.8 Å². The molecule has 34 heavy (non-hydrogen) atoms. The molecule has 5 nitrogen and oxygen atoms in total. The van der Waals surface area contributed by atoms with E-state index in [1.807, 2.05) is 54.2 Å². The molecule has 0 spiro atoms. The van der Waals surface area contributed by atoms with Crippen LogP contribution in [-0.2, 0) is 34.8 Å². The normalized spacial score (nSPS) is 14.2. The fourth-order valence-electron chi connectivity index (χ4n) is 4.25. The molecule has 0 amide bonds. The van der Waals surface area contributed by atoms with E-state index in [2.05, 4.69) is 9.98 Å². The first-order valence-electron chi connectivity index (χ1n) is 10.0. The van der Waals surface area contributed by atoms with E-state index in [1.165, 1.54) is 0 Å². The first kappa shape index (κ1) is 23.5. The SMILES string of the molecule is O=C=C1C(c2ccccc2)=c2c(=C=O)c(=C=O)c3c(-c4ccccc4)ccnc3c2=NC1Cl.[Re]. The van der Waals surface area contributed by atoms with Crippen molar-refractivity contribution in [1.82, 2.24) is 4.98 Å². The maximum Gasteiger partial charge on any atom is 0.160 e. The van der Waals surface area contributed by atoms with Gasteiger partial charge in [-0.1, -0.05) is 72.3 Å². The molecule has 0 N–H and O–H groups in total. The maximum atomic E-state index is 12.3. The van der Waals surface area contributed by atoms with Crippen LogP contribution in [0.1, 0.15) is 5.56 Å². The summed E-state index contributed by atoms with van der Waals surface area (Å²) in [5.74, 6) is 5.69. The van der Waals surface area contributed by atoms with Crippen LogP contribution in [-0.4, -0.2) is 28.3 Å². The molecule has 5 rings (SSSR count). The zero-order valence-corrected chi connectivity index (χ0v) is 20.9. The molecule has 1 atom stereocenters. The van der Waals surface area contributed by atoms with Crippen LogP contribution >= 0.6 is 11.6 Å². The summed E-state index contributed by atoms with van der Waals surface area (Å²) in [5, 5.41) is 0.978. The molecular weight excluding hydrogens is 622 g/mol. The van der Waals surface area contributed by atoms with Crippen molar-refractivity contribution in [3.8, 4) is 11.1 Å². The fraction of sp³-hybridized carbons (Fsp3) is 0.0370. The monoisotopic (exact) mass is 635 g/mol. The van der Waals surface area contributed by atoms with Crippen molar-refractivity contribution in [3.63, 3.8) is 0 Å². The van der Waals surface area contributed by atoms with Gasteiger partial charge in [-0.15, -0.1) is 0 Å².